The van der Waals surface area contributed by atoms with Crippen LogP contribution in [0, 0.1) is 11.8 Å². The normalized spacial score (nSPS) is 16.2. The number of nitrogens with one attached hydrogen (secondary N) is 3. The predicted molar refractivity (Wildman–Crippen MR) is 199 cm³/mol. The van der Waals surface area contributed by atoms with Crippen LogP contribution in [-0.4, -0.2) is 76.6 Å². The van der Waals surface area contributed by atoms with Gasteiger partial charge in [-0.3, -0.25) is 19.3 Å². The van der Waals surface area contributed by atoms with Crippen LogP contribution in [0.15, 0.2) is 91.0 Å². The lowest BCUT2D eigenvalue weighted by Crippen LogP contribution is -2.63. The number of hydrogen-bond acceptors (Lipinski definition) is 9. The highest BCUT2D eigenvalue weighted by atomic mass is 16.5. The van der Waals surface area contributed by atoms with E-state index in [1.165, 1.54) is 0 Å². The third-order valence-corrected chi connectivity index (χ3v) is 9.04. The van der Waals surface area contributed by atoms with E-state index in [-0.39, 0.29) is 32.0 Å². The van der Waals surface area contributed by atoms with Crippen LogP contribution in [0.1, 0.15) is 63.6 Å². The summed E-state index contributed by atoms with van der Waals surface area (Å²) in [6, 6.07) is 22.5. The van der Waals surface area contributed by atoms with E-state index < -0.39 is 66.0 Å². The van der Waals surface area contributed by atoms with E-state index in [9.17, 15) is 29.1 Å². The Morgan fingerprint density at radius 2 is 1.32 bits per heavy atom. The number of hydrogen-bond donors (Lipinski definition) is 4. The quantitative estimate of drug-likeness (QED) is 0.149. The molecule has 0 aromatic heterocycles. The molecule has 3 aromatic carbocycles. The standard InChI is InChI=1S/C41H52N4O8/c1-27(2)23-34(37(47)44-35(28(3)4)40(50)52-25-30-17-10-6-11-18-30)45(39(49)36(46)32-21-14-22-42-32)38(48)33(24-29-15-8-5-9-16-29)43-41(51)53-26-31-19-12-7-13-20-31/h5-13,15-20,27-28,32-36,42,46H,14,21-26H2,1-4H3,(H,43,51)(H,44,47)/t32?,33?,34-,35?,36?/m1/s1. The number of alkyl carbamates (subject to hydrolysis) is 1. The van der Waals surface area contributed by atoms with Crippen LogP contribution < -0.4 is 16.0 Å². The number of carbonyl (C=O) groups excluding carboxylic acids is 5. The molecule has 1 aliphatic rings. The fourth-order valence-electron chi connectivity index (χ4n) is 6.18. The molecule has 5 atom stereocenters. The van der Waals surface area contributed by atoms with Crippen molar-refractivity contribution < 1.29 is 38.6 Å². The molecule has 0 radical (unpaired) electrons. The molecule has 3 aromatic rings. The number of benzene rings is 3. The molecule has 12 heteroatoms. The first-order valence-corrected chi connectivity index (χ1v) is 18.2. The lowest BCUT2D eigenvalue weighted by atomic mass is 9.96. The van der Waals surface area contributed by atoms with Gasteiger partial charge >= 0.3 is 12.1 Å². The monoisotopic (exact) mass is 728 g/mol. The van der Waals surface area contributed by atoms with E-state index in [1.807, 2.05) is 56.3 Å². The Morgan fingerprint density at radius 1 is 0.774 bits per heavy atom. The zero-order chi connectivity index (χ0) is 38.3. The molecule has 1 saturated heterocycles. The minimum absolute atomic E-state index is 0.00845. The molecular formula is C41H52N4O8. The third-order valence-electron chi connectivity index (χ3n) is 9.04. The first-order valence-electron chi connectivity index (χ1n) is 18.2. The van der Waals surface area contributed by atoms with E-state index in [1.54, 1.807) is 62.4 Å². The summed E-state index contributed by atoms with van der Waals surface area (Å²) in [6.07, 6.45) is -1.41. The molecule has 12 nitrogen and oxygen atoms in total. The summed E-state index contributed by atoms with van der Waals surface area (Å²) >= 11 is 0. The van der Waals surface area contributed by atoms with Crippen molar-refractivity contribution in [3.05, 3.63) is 108 Å². The van der Waals surface area contributed by atoms with Crippen molar-refractivity contribution in [2.45, 2.75) is 96.9 Å². The molecule has 1 fully saturated rings. The van der Waals surface area contributed by atoms with Gasteiger partial charge in [-0.2, -0.15) is 0 Å². The van der Waals surface area contributed by atoms with Crippen LogP contribution >= 0.6 is 0 Å². The third kappa shape index (κ3) is 12.3. The molecule has 4 unspecified atom stereocenters. The lowest BCUT2D eigenvalue weighted by molar-refractivity contribution is -0.160. The van der Waals surface area contributed by atoms with E-state index in [0.29, 0.717) is 24.9 Å². The Morgan fingerprint density at radius 3 is 1.83 bits per heavy atom. The molecule has 0 bridgehead atoms. The molecule has 4 rings (SSSR count). The van der Waals surface area contributed by atoms with Crippen molar-refractivity contribution in [3.8, 4) is 0 Å². The number of rotatable bonds is 17. The lowest BCUT2D eigenvalue weighted by Gasteiger charge is -2.36. The number of ether oxygens (including phenoxy) is 2. The maximum absolute atomic E-state index is 14.8. The first-order chi connectivity index (χ1) is 25.4. The number of carbonyl (C=O) groups is 5. The Hall–Kier alpha value is -5.07. The highest BCUT2D eigenvalue weighted by molar-refractivity contribution is 6.05. The smallest absolute Gasteiger partial charge is 0.408 e. The second-order valence-electron chi connectivity index (χ2n) is 14.1. The van der Waals surface area contributed by atoms with Crippen molar-refractivity contribution in [1.82, 2.24) is 20.9 Å². The zero-order valence-corrected chi connectivity index (χ0v) is 30.9. The average Bonchev–Trinajstić information content (AvgIpc) is 3.70. The summed E-state index contributed by atoms with van der Waals surface area (Å²) in [5.41, 5.74) is 2.17. The van der Waals surface area contributed by atoms with Gasteiger partial charge in [0.2, 0.25) is 5.91 Å². The average molecular weight is 729 g/mol. The summed E-state index contributed by atoms with van der Waals surface area (Å²) in [5.74, 6) is -3.96. The van der Waals surface area contributed by atoms with Gasteiger partial charge in [-0.25, -0.2) is 9.59 Å². The van der Waals surface area contributed by atoms with Crippen LogP contribution in [0.4, 0.5) is 4.79 Å². The summed E-state index contributed by atoms with van der Waals surface area (Å²) < 4.78 is 11.0. The number of nitrogens with zero attached hydrogens (tertiary/aromatic N) is 1. The summed E-state index contributed by atoms with van der Waals surface area (Å²) in [4.78, 5) is 70.9. The van der Waals surface area contributed by atoms with Crippen molar-refractivity contribution in [2.75, 3.05) is 6.54 Å². The summed E-state index contributed by atoms with van der Waals surface area (Å²) in [6.45, 7) is 7.65. The predicted octanol–water partition coefficient (Wildman–Crippen LogP) is 4.29. The van der Waals surface area contributed by atoms with E-state index >= 15 is 0 Å². The molecular weight excluding hydrogens is 676 g/mol. The Balaban J connectivity index is 1.67. The fraction of sp³-hybridized carbons (Fsp3) is 0.439. The van der Waals surface area contributed by atoms with E-state index in [2.05, 4.69) is 16.0 Å². The molecule has 1 aliphatic heterocycles. The number of aliphatic hydroxyl groups is 1. The minimum Gasteiger partial charge on any atom is -0.459 e. The van der Waals surface area contributed by atoms with Gasteiger partial charge in [-0.1, -0.05) is 119 Å². The van der Waals surface area contributed by atoms with Gasteiger partial charge in [0.25, 0.3) is 11.8 Å². The highest BCUT2D eigenvalue weighted by Crippen LogP contribution is 2.21. The summed E-state index contributed by atoms with van der Waals surface area (Å²) in [7, 11) is 0. The Bertz CT molecular complexity index is 1630. The van der Waals surface area contributed by atoms with Crippen LogP contribution in [0.5, 0.6) is 0 Å². The maximum Gasteiger partial charge on any atom is 0.408 e. The fourth-order valence-corrected chi connectivity index (χ4v) is 6.18. The molecule has 53 heavy (non-hydrogen) atoms. The number of esters is 1. The SMILES string of the molecule is CC(C)C[C@H](C(=O)NC(C(=O)OCc1ccccc1)C(C)C)N(C(=O)C(Cc1ccccc1)NC(=O)OCc1ccccc1)C(=O)C(O)C1CCCN1. The number of amides is 4. The largest absolute Gasteiger partial charge is 0.459 e. The van der Waals surface area contributed by atoms with Gasteiger partial charge < -0.3 is 30.5 Å². The van der Waals surface area contributed by atoms with Crippen molar-refractivity contribution in [1.29, 1.82) is 0 Å². The molecule has 0 spiro atoms. The van der Waals surface area contributed by atoms with Crippen molar-refractivity contribution >= 4 is 29.8 Å². The maximum atomic E-state index is 14.8. The molecule has 284 valence electrons. The zero-order valence-electron chi connectivity index (χ0n) is 30.9. The molecule has 0 aliphatic carbocycles. The van der Waals surface area contributed by atoms with Crippen LogP contribution in [-0.2, 0) is 48.3 Å². The minimum atomic E-state index is -1.66. The molecule has 0 saturated carbocycles. The molecule has 4 amide bonds. The van der Waals surface area contributed by atoms with Crippen molar-refractivity contribution in [3.63, 3.8) is 0 Å². The Kier molecular flexibility index (Phi) is 15.5. The Labute approximate surface area is 311 Å². The number of imide groups is 1. The van der Waals surface area contributed by atoms with Crippen LogP contribution in [0.3, 0.4) is 0 Å². The second-order valence-corrected chi connectivity index (χ2v) is 14.1. The van der Waals surface area contributed by atoms with Gasteiger partial charge in [0.15, 0.2) is 0 Å². The van der Waals surface area contributed by atoms with Crippen LogP contribution in [0.25, 0.3) is 0 Å². The second kappa shape index (κ2) is 20.2. The highest BCUT2D eigenvalue weighted by Gasteiger charge is 2.44. The van der Waals surface area contributed by atoms with Crippen molar-refractivity contribution in [2.24, 2.45) is 11.8 Å². The van der Waals surface area contributed by atoms with E-state index in [4.69, 9.17) is 9.47 Å². The van der Waals surface area contributed by atoms with Gasteiger partial charge in [-0.05, 0) is 54.3 Å². The van der Waals surface area contributed by atoms with Crippen LogP contribution in [0.2, 0.25) is 0 Å². The van der Waals surface area contributed by atoms with Gasteiger partial charge in [-0.15, -0.1) is 0 Å². The first kappa shape index (κ1) is 40.7. The van der Waals surface area contributed by atoms with Gasteiger partial charge in [0.05, 0.1) is 0 Å². The topological polar surface area (TPSA) is 163 Å². The van der Waals surface area contributed by atoms with E-state index in [0.717, 1.165) is 16.0 Å². The summed E-state index contributed by atoms with van der Waals surface area (Å²) in [5, 5.41) is 19.9. The van der Waals surface area contributed by atoms with Gasteiger partial charge in [0.1, 0.15) is 37.4 Å². The number of aliphatic hydroxyl groups excluding tert-OH is 1. The molecule has 4 N–H and O–H groups in total. The van der Waals surface area contributed by atoms with Gasteiger partial charge in [0, 0.05) is 12.5 Å². The molecule has 1 heterocycles.